The second-order valence-corrected chi connectivity index (χ2v) is 8.08. The molecule has 0 aromatic carbocycles. The number of nitrogens with zero attached hydrogens (tertiary/aromatic N) is 1. The molecule has 1 N–H and O–H groups in total. The Labute approximate surface area is 119 Å². The van der Waals surface area contributed by atoms with E-state index in [1.807, 2.05) is 0 Å². The Morgan fingerprint density at radius 1 is 1.21 bits per heavy atom. The normalized spacial score (nSPS) is 37.6. The van der Waals surface area contributed by atoms with Crippen LogP contribution in [0.4, 0.5) is 0 Å². The standard InChI is InChI=1S/C17H32N2/c1-13(2)9-16-10-18-17(3,15-7-8-15)12-19(16)11-14-5-4-6-14/h13-16,18H,4-12H2,1-3H3. The summed E-state index contributed by atoms with van der Waals surface area (Å²) in [5, 5.41) is 3.91. The third-order valence-electron chi connectivity index (χ3n) is 5.73. The molecule has 0 amide bonds. The van der Waals surface area contributed by atoms with Crippen LogP contribution in [0.3, 0.4) is 0 Å². The summed E-state index contributed by atoms with van der Waals surface area (Å²) >= 11 is 0. The Hall–Kier alpha value is -0.0800. The summed E-state index contributed by atoms with van der Waals surface area (Å²) < 4.78 is 0. The Bertz CT molecular complexity index is 306. The van der Waals surface area contributed by atoms with E-state index in [0.717, 1.165) is 23.8 Å². The van der Waals surface area contributed by atoms with Crippen molar-refractivity contribution in [3.8, 4) is 0 Å². The highest BCUT2D eigenvalue weighted by Crippen LogP contribution is 2.42. The van der Waals surface area contributed by atoms with E-state index < -0.39 is 0 Å². The first kappa shape index (κ1) is 13.9. The van der Waals surface area contributed by atoms with Crippen molar-refractivity contribution < 1.29 is 0 Å². The summed E-state index contributed by atoms with van der Waals surface area (Å²) in [5.41, 5.74) is 0.414. The van der Waals surface area contributed by atoms with Gasteiger partial charge in [0.1, 0.15) is 0 Å². The van der Waals surface area contributed by atoms with Crippen molar-refractivity contribution in [1.82, 2.24) is 10.2 Å². The van der Waals surface area contributed by atoms with Crippen LogP contribution in [0.1, 0.15) is 59.3 Å². The fraction of sp³-hybridized carbons (Fsp3) is 1.00. The molecule has 2 aliphatic carbocycles. The van der Waals surface area contributed by atoms with Crippen LogP contribution in [0.25, 0.3) is 0 Å². The van der Waals surface area contributed by atoms with E-state index in [2.05, 4.69) is 31.0 Å². The fourth-order valence-corrected chi connectivity index (χ4v) is 4.08. The van der Waals surface area contributed by atoms with Gasteiger partial charge < -0.3 is 5.32 Å². The summed E-state index contributed by atoms with van der Waals surface area (Å²) in [7, 11) is 0. The largest absolute Gasteiger partial charge is 0.308 e. The number of hydrogen-bond acceptors (Lipinski definition) is 2. The lowest BCUT2D eigenvalue weighted by Crippen LogP contribution is -2.64. The number of nitrogens with one attached hydrogen (secondary N) is 1. The smallest absolute Gasteiger partial charge is 0.0309 e. The highest BCUT2D eigenvalue weighted by molar-refractivity contribution is 5.04. The van der Waals surface area contributed by atoms with Gasteiger partial charge in [0, 0.05) is 31.2 Å². The molecule has 2 nitrogen and oxygen atoms in total. The van der Waals surface area contributed by atoms with Crippen LogP contribution in [0.15, 0.2) is 0 Å². The molecule has 1 saturated heterocycles. The minimum Gasteiger partial charge on any atom is -0.308 e. The second kappa shape index (κ2) is 5.37. The van der Waals surface area contributed by atoms with Crippen LogP contribution in [0.2, 0.25) is 0 Å². The minimum atomic E-state index is 0.414. The van der Waals surface area contributed by atoms with Crippen LogP contribution in [0, 0.1) is 17.8 Å². The van der Waals surface area contributed by atoms with E-state index in [1.165, 1.54) is 58.2 Å². The van der Waals surface area contributed by atoms with E-state index in [1.54, 1.807) is 0 Å². The lowest BCUT2D eigenvalue weighted by Gasteiger charge is -2.49. The summed E-state index contributed by atoms with van der Waals surface area (Å²) in [6.45, 7) is 11.1. The van der Waals surface area contributed by atoms with Crippen molar-refractivity contribution in [3.63, 3.8) is 0 Å². The molecule has 19 heavy (non-hydrogen) atoms. The molecule has 2 unspecified atom stereocenters. The Morgan fingerprint density at radius 2 is 1.95 bits per heavy atom. The number of piperazine rings is 1. The second-order valence-electron chi connectivity index (χ2n) is 8.08. The molecule has 1 aliphatic heterocycles. The SMILES string of the molecule is CC(C)CC1CNC(C)(C2CC2)CN1CC1CCC1. The van der Waals surface area contributed by atoms with E-state index in [-0.39, 0.29) is 0 Å². The summed E-state index contributed by atoms with van der Waals surface area (Å²) in [6, 6.07) is 0.785. The van der Waals surface area contributed by atoms with Crippen molar-refractivity contribution in [2.45, 2.75) is 70.9 Å². The Kier molecular flexibility index (Phi) is 3.92. The lowest BCUT2D eigenvalue weighted by molar-refractivity contribution is 0.0397. The quantitative estimate of drug-likeness (QED) is 0.820. The predicted octanol–water partition coefficient (Wildman–Crippen LogP) is 3.28. The molecular weight excluding hydrogens is 232 g/mol. The lowest BCUT2D eigenvalue weighted by atomic mass is 9.82. The summed E-state index contributed by atoms with van der Waals surface area (Å²) in [5.74, 6) is 2.79. The van der Waals surface area contributed by atoms with Crippen molar-refractivity contribution in [2.24, 2.45) is 17.8 Å². The zero-order chi connectivity index (χ0) is 13.5. The van der Waals surface area contributed by atoms with Crippen LogP contribution < -0.4 is 5.32 Å². The van der Waals surface area contributed by atoms with Crippen molar-refractivity contribution in [1.29, 1.82) is 0 Å². The molecule has 1 heterocycles. The topological polar surface area (TPSA) is 15.3 Å². The molecule has 0 radical (unpaired) electrons. The van der Waals surface area contributed by atoms with Gasteiger partial charge in [0.15, 0.2) is 0 Å². The van der Waals surface area contributed by atoms with Crippen molar-refractivity contribution in [2.75, 3.05) is 19.6 Å². The zero-order valence-corrected chi connectivity index (χ0v) is 13.1. The maximum Gasteiger partial charge on any atom is 0.0309 e. The van der Waals surface area contributed by atoms with Gasteiger partial charge in [0.25, 0.3) is 0 Å². The monoisotopic (exact) mass is 264 g/mol. The van der Waals surface area contributed by atoms with Crippen molar-refractivity contribution >= 4 is 0 Å². The van der Waals surface area contributed by atoms with Crippen LogP contribution in [0.5, 0.6) is 0 Å². The molecule has 0 bridgehead atoms. The van der Waals surface area contributed by atoms with Crippen LogP contribution in [-0.4, -0.2) is 36.1 Å². The van der Waals surface area contributed by atoms with E-state index >= 15 is 0 Å². The van der Waals surface area contributed by atoms with Gasteiger partial charge >= 0.3 is 0 Å². The summed E-state index contributed by atoms with van der Waals surface area (Å²) in [6.07, 6.45) is 8.72. The maximum absolute atomic E-state index is 3.91. The molecule has 2 saturated carbocycles. The van der Waals surface area contributed by atoms with Gasteiger partial charge in [-0.2, -0.15) is 0 Å². The molecule has 2 atom stereocenters. The molecule has 0 aromatic rings. The molecule has 0 aromatic heterocycles. The molecule has 3 rings (SSSR count). The maximum atomic E-state index is 3.91. The van der Waals surface area contributed by atoms with Gasteiger partial charge in [0.05, 0.1) is 0 Å². The van der Waals surface area contributed by atoms with E-state index in [4.69, 9.17) is 0 Å². The number of rotatable bonds is 5. The first-order valence-electron chi connectivity index (χ1n) is 8.56. The van der Waals surface area contributed by atoms with Crippen molar-refractivity contribution in [3.05, 3.63) is 0 Å². The third-order valence-corrected chi connectivity index (χ3v) is 5.73. The van der Waals surface area contributed by atoms with Gasteiger partial charge in [0.2, 0.25) is 0 Å². The van der Waals surface area contributed by atoms with E-state index in [0.29, 0.717) is 5.54 Å². The van der Waals surface area contributed by atoms with Gasteiger partial charge in [-0.15, -0.1) is 0 Å². The van der Waals surface area contributed by atoms with E-state index in [9.17, 15) is 0 Å². The van der Waals surface area contributed by atoms with Gasteiger partial charge in [-0.1, -0.05) is 20.3 Å². The van der Waals surface area contributed by atoms with Crippen LogP contribution in [-0.2, 0) is 0 Å². The molecule has 3 aliphatic rings. The van der Waals surface area contributed by atoms with Gasteiger partial charge in [-0.05, 0) is 56.8 Å². The third kappa shape index (κ3) is 3.16. The first-order valence-corrected chi connectivity index (χ1v) is 8.56. The Morgan fingerprint density at radius 3 is 2.47 bits per heavy atom. The Balaban J connectivity index is 1.63. The molecule has 110 valence electrons. The zero-order valence-electron chi connectivity index (χ0n) is 13.1. The highest BCUT2D eigenvalue weighted by Gasteiger charge is 2.46. The summed E-state index contributed by atoms with van der Waals surface area (Å²) in [4.78, 5) is 2.86. The van der Waals surface area contributed by atoms with Crippen LogP contribution >= 0.6 is 0 Å². The molecule has 3 fully saturated rings. The predicted molar refractivity (Wildman–Crippen MR) is 81.3 cm³/mol. The molecule has 2 heteroatoms. The first-order chi connectivity index (χ1) is 9.07. The molecule has 0 spiro atoms. The fourth-order valence-electron chi connectivity index (χ4n) is 4.08. The average molecular weight is 264 g/mol. The molecular formula is C17H32N2. The van der Waals surface area contributed by atoms with Gasteiger partial charge in [-0.25, -0.2) is 0 Å². The highest BCUT2D eigenvalue weighted by atomic mass is 15.3. The minimum absolute atomic E-state index is 0.414. The average Bonchev–Trinajstić information content (AvgIpc) is 3.10. The van der Waals surface area contributed by atoms with Gasteiger partial charge in [-0.3, -0.25) is 4.90 Å². The number of hydrogen-bond donors (Lipinski definition) is 1.